The summed E-state index contributed by atoms with van der Waals surface area (Å²) in [6.45, 7) is 2.06. The van der Waals surface area contributed by atoms with Crippen molar-refractivity contribution in [3.05, 3.63) is 77.9 Å². The Kier molecular flexibility index (Phi) is 5.11. The second-order valence-electron chi connectivity index (χ2n) is 6.91. The normalized spacial score (nSPS) is 16.5. The molecule has 0 N–H and O–H groups in total. The van der Waals surface area contributed by atoms with E-state index in [1.54, 1.807) is 18.3 Å². The maximum Gasteiger partial charge on any atom is 0.255 e. The van der Waals surface area contributed by atoms with E-state index in [0.717, 1.165) is 30.8 Å². The van der Waals surface area contributed by atoms with E-state index < -0.39 is 0 Å². The predicted octanol–water partition coefficient (Wildman–Crippen LogP) is 2.61. The molecule has 28 heavy (non-hydrogen) atoms. The molecule has 3 aromatic rings. The van der Waals surface area contributed by atoms with Gasteiger partial charge in [0.15, 0.2) is 0 Å². The quantitative estimate of drug-likeness (QED) is 0.702. The van der Waals surface area contributed by atoms with E-state index in [0.29, 0.717) is 24.3 Å². The number of hydrogen-bond acceptors (Lipinski definition) is 5. The molecule has 4 rings (SSSR count). The fourth-order valence-corrected chi connectivity index (χ4v) is 3.64. The monoisotopic (exact) mass is 372 g/mol. The molecule has 1 fully saturated rings. The smallest absolute Gasteiger partial charge is 0.255 e. The number of nitriles is 1. The van der Waals surface area contributed by atoms with Crippen LogP contribution in [0.1, 0.15) is 46.2 Å². The van der Waals surface area contributed by atoms with E-state index in [1.165, 1.54) is 6.20 Å². The summed E-state index contributed by atoms with van der Waals surface area (Å²) >= 11 is 0. The summed E-state index contributed by atoms with van der Waals surface area (Å²) < 4.78 is 2.14. The van der Waals surface area contributed by atoms with Crippen LogP contribution >= 0.6 is 0 Å². The van der Waals surface area contributed by atoms with Crippen molar-refractivity contribution in [2.24, 2.45) is 0 Å². The maximum absolute atomic E-state index is 12.9. The third-order valence-corrected chi connectivity index (χ3v) is 5.02. The lowest BCUT2D eigenvalue weighted by molar-refractivity contribution is 0.0703. The molecule has 1 saturated heterocycles. The SMILES string of the molecule is N#Cc1ccc(C(=O)N2CCC[C@H](c3nccn3Cc3cccnc3)C2)cn1. The number of nitrogens with zero attached hydrogens (tertiary/aromatic N) is 6. The summed E-state index contributed by atoms with van der Waals surface area (Å²) in [5.41, 5.74) is 1.94. The zero-order valence-corrected chi connectivity index (χ0v) is 15.4. The first-order valence-corrected chi connectivity index (χ1v) is 9.30. The van der Waals surface area contributed by atoms with Gasteiger partial charge in [-0.2, -0.15) is 5.26 Å². The minimum absolute atomic E-state index is 0.0490. The molecule has 0 aromatic carbocycles. The Morgan fingerprint density at radius 3 is 2.89 bits per heavy atom. The highest BCUT2D eigenvalue weighted by Gasteiger charge is 2.28. The predicted molar refractivity (Wildman–Crippen MR) is 102 cm³/mol. The van der Waals surface area contributed by atoms with Gasteiger partial charge in [-0.1, -0.05) is 6.07 Å². The van der Waals surface area contributed by atoms with Crippen LogP contribution in [0.25, 0.3) is 0 Å². The lowest BCUT2D eigenvalue weighted by atomic mass is 9.96. The van der Waals surface area contributed by atoms with Crippen molar-refractivity contribution in [3.8, 4) is 6.07 Å². The summed E-state index contributed by atoms with van der Waals surface area (Å²) in [6, 6.07) is 9.20. The van der Waals surface area contributed by atoms with Gasteiger partial charge in [0.25, 0.3) is 5.91 Å². The van der Waals surface area contributed by atoms with Crippen molar-refractivity contribution in [3.63, 3.8) is 0 Å². The van der Waals surface area contributed by atoms with Gasteiger partial charge in [-0.3, -0.25) is 9.78 Å². The van der Waals surface area contributed by atoms with Gasteiger partial charge in [0.1, 0.15) is 17.6 Å². The first kappa shape index (κ1) is 17.9. The van der Waals surface area contributed by atoms with Crippen molar-refractivity contribution < 1.29 is 4.79 Å². The van der Waals surface area contributed by atoms with Crippen LogP contribution in [0.5, 0.6) is 0 Å². The van der Waals surface area contributed by atoms with Crippen LogP contribution in [0.15, 0.2) is 55.2 Å². The highest BCUT2D eigenvalue weighted by molar-refractivity contribution is 5.94. The average molecular weight is 372 g/mol. The van der Waals surface area contributed by atoms with Crippen LogP contribution in [-0.2, 0) is 6.54 Å². The molecule has 1 atom stereocenters. The van der Waals surface area contributed by atoms with E-state index in [1.807, 2.05) is 41.7 Å². The molecular weight excluding hydrogens is 352 g/mol. The minimum Gasteiger partial charge on any atom is -0.338 e. The topological polar surface area (TPSA) is 87.7 Å². The van der Waals surface area contributed by atoms with Gasteiger partial charge in [-0.05, 0) is 36.6 Å². The average Bonchev–Trinajstić information content (AvgIpc) is 3.22. The lowest BCUT2D eigenvalue weighted by Gasteiger charge is -2.32. The highest BCUT2D eigenvalue weighted by atomic mass is 16.2. The number of hydrogen-bond donors (Lipinski definition) is 0. The van der Waals surface area contributed by atoms with E-state index in [9.17, 15) is 4.79 Å². The van der Waals surface area contributed by atoms with Gasteiger partial charge in [0.2, 0.25) is 0 Å². The summed E-state index contributed by atoms with van der Waals surface area (Å²) in [7, 11) is 0. The van der Waals surface area contributed by atoms with Crippen LogP contribution in [0.4, 0.5) is 0 Å². The number of imidazole rings is 1. The molecule has 1 aliphatic heterocycles. The largest absolute Gasteiger partial charge is 0.338 e. The Balaban J connectivity index is 1.49. The number of carbonyl (C=O) groups is 1. The summed E-state index contributed by atoms with van der Waals surface area (Å²) in [5, 5.41) is 8.87. The Bertz CT molecular complexity index is 990. The fraction of sp³-hybridized carbons (Fsp3) is 0.286. The molecule has 0 bridgehead atoms. The molecule has 140 valence electrons. The van der Waals surface area contributed by atoms with Crippen molar-refractivity contribution in [2.75, 3.05) is 13.1 Å². The van der Waals surface area contributed by atoms with Crippen LogP contribution in [0.3, 0.4) is 0 Å². The van der Waals surface area contributed by atoms with Crippen molar-refractivity contribution in [1.82, 2.24) is 24.4 Å². The molecule has 0 saturated carbocycles. The molecule has 7 heteroatoms. The Hall–Kier alpha value is -3.53. The molecule has 1 amide bonds. The third-order valence-electron chi connectivity index (χ3n) is 5.02. The van der Waals surface area contributed by atoms with Crippen LogP contribution in [-0.4, -0.2) is 43.4 Å². The van der Waals surface area contributed by atoms with E-state index in [-0.39, 0.29) is 11.8 Å². The molecule has 7 nitrogen and oxygen atoms in total. The zero-order valence-electron chi connectivity index (χ0n) is 15.4. The van der Waals surface area contributed by atoms with Crippen molar-refractivity contribution in [2.45, 2.75) is 25.3 Å². The zero-order chi connectivity index (χ0) is 19.3. The molecule has 0 spiro atoms. The lowest BCUT2D eigenvalue weighted by Crippen LogP contribution is -2.39. The number of amides is 1. The summed E-state index contributed by atoms with van der Waals surface area (Å²) in [5.74, 6) is 1.14. The van der Waals surface area contributed by atoms with E-state index >= 15 is 0 Å². The number of likely N-dealkylation sites (tertiary alicyclic amines) is 1. The standard InChI is InChI=1S/C21H20N6O/c22-11-19-6-5-17(13-25-19)21(28)27-9-2-4-18(15-27)20-24-8-10-26(20)14-16-3-1-7-23-12-16/h1,3,5-8,10,12-13,18H,2,4,9,14-15H2/t18-/m0/s1. The summed E-state index contributed by atoms with van der Waals surface area (Å²) in [6.07, 6.45) is 10.8. The maximum atomic E-state index is 12.9. The van der Waals surface area contributed by atoms with Crippen molar-refractivity contribution >= 4 is 5.91 Å². The molecular formula is C21H20N6O. The second-order valence-corrected chi connectivity index (χ2v) is 6.91. The van der Waals surface area contributed by atoms with Gasteiger partial charge < -0.3 is 9.47 Å². The van der Waals surface area contributed by atoms with Crippen LogP contribution in [0.2, 0.25) is 0 Å². The number of aromatic nitrogens is 4. The Labute approximate surface area is 163 Å². The molecule has 3 aromatic heterocycles. The van der Waals surface area contributed by atoms with E-state index in [4.69, 9.17) is 5.26 Å². The minimum atomic E-state index is -0.0490. The molecule has 0 aliphatic carbocycles. The van der Waals surface area contributed by atoms with Crippen LogP contribution < -0.4 is 0 Å². The van der Waals surface area contributed by atoms with Gasteiger partial charge in [0.05, 0.1) is 12.1 Å². The Morgan fingerprint density at radius 1 is 1.21 bits per heavy atom. The molecule has 1 aliphatic rings. The second kappa shape index (κ2) is 8.01. The summed E-state index contributed by atoms with van der Waals surface area (Å²) in [4.78, 5) is 27.5. The highest BCUT2D eigenvalue weighted by Crippen LogP contribution is 2.27. The number of piperidine rings is 1. The van der Waals surface area contributed by atoms with Gasteiger partial charge in [-0.15, -0.1) is 0 Å². The number of carbonyl (C=O) groups excluding carboxylic acids is 1. The molecule has 0 unspecified atom stereocenters. The van der Waals surface area contributed by atoms with Gasteiger partial charge in [0, 0.05) is 50.0 Å². The molecule has 0 radical (unpaired) electrons. The first-order valence-electron chi connectivity index (χ1n) is 9.30. The van der Waals surface area contributed by atoms with Crippen LogP contribution in [0, 0.1) is 11.3 Å². The first-order chi connectivity index (χ1) is 13.7. The Morgan fingerprint density at radius 2 is 2.14 bits per heavy atom. The van der Waals surface area contributed by atoms with Gasteiger partial charge in [-0.25, -0.2) is 9.97 Å². The molecule has 4 heterocycles. The third kappa shape index (κ3) is 3.76. The number of pyridine rings is 2. The fourth-order valence-electron chi connectivity index (χ4n) is 3.64. The van der Waals surface area contributed by atoms with Gasteiger partial charge >= 0.3 is 0 Å². The van der Waals surface area contributed by atoms with E-state index in [2.05, 4.69) is 19.5 Å². The number of rotatable bonds is 4. The van der Waals surface area contributed by atoms with Crippen molar-refractivity contribution in [1.29, 1.82) is 5.26 Å².